The standard InChI is InChI=1S/C22H18BrClN2O2/c1-15-4-2-3-5-20(15)22(27)26-25-13-17-12-19(24)10-11-21(17)28-14-16-6-8-18(23)9-7-16/h2-13H,14H2,1H3,(H,26,27)/b25-13-. The monoisotopic (exact) mass is 456 g/mol. The van der Waals surface area contributed by atoms with Gasteiger partial charge in [-0.25, -0.2) is 5.43 Å². The fourth-order valence-corrected chi connectivity index (χ4v) is 2.99. The van der Waals surface area contributed by atoms with Gasteiger partial charge in [-0.3, -0.25) is 4.79 Å². The number of nitrogens with zero attached hydrogens (tertiary/aromatic N) is 1. The maximum absolute atomic E-state index is 12.3. The first-order valence-corrected chi connectivity index (χ1v) is 9.76. The zero-order valence-corrected chi connectivity index (χ0v) is 17.5. The van der Waals surface area contributed by atoms with E-state index in [0.717, 1.165) is 15.6 Å². The summed E-state index contributed by atoms with van der Waals surface area (Å²) in [5.41, 5.74) is 5.72. The second-order valence-corrected chi connectivity index (χ2v) is 7.46. The lowest BCUT2D eigenvalue weighted by molar-refractivity contribution is 0.0954. The van der Waals surface area contributed by atoms with Crippen molar-refractivity contribution in [2.24, 2.45) is 5.10 Å². The third-order valence-corrected chi connectivity index (χ3v) is 4.80. The maximum atomic E-state index is 12.3. The van der Waals surface area contributed by atoms with E-state index in [0.29, 0.717) is 28.5 Å². The molecule has 0 saturated heterocycles. The number of benzene rings is 3. The van der Waals surface area contributed by atoms with Gasteiger partial charge in [-0.15, -0.1) is 0 Å². The molecular weight excluding hydrogens is 440 g/mol. The number of rotatable bonds is 6. The molecule has 0 heterocycles. The fraction of sp³-hybridized carbons (Fsp3) is 0.0909. The molecule has 0 saturated carbocycles. The number of carbonyl (C=O) groups is 1. The average Bonchev–Trinajstić information content (AvgIpc) is 2.69. The zero-order valence-electron chi connectivity index (χ0n) is 15.2. The van der Waals surface area contributed by atoms with Crippen LogP contribution in [-0.4, -0.2) is 12.1 Å². The van der Waals surface area contributed by atoms with Crippen LogP contribution in [0.3, 0.4) is 0 Å². The number of halogens is 2. The predicted octanol–water partition coefficient (Wildman–Crippen LogP) is 5.75. The first kappa shape index (κ1) is 20.1. The van der Waals surface area contributed by atoms with Crippen LogP contribution in [0.25, 0.3) is 0 Å². The summed E-state index contributed by atoms with van der Waals surface area (Å²) in [6.07, 6.45) is 1.53. The number of hydrogen-bond donors (Lipinski definition) is 1. The van der Waals surface area contributed by atoms with Crippen molar-refractivity contribution in [2.75, 3.05) is 0 Å². The van der Waals surface area contributed by atoms with Gasteiger partial charge in [0.05, 0.1) is 6.21 Å². The summed E-state index contributed by atoms with van der Waals surface area (Å²) in [7, 11) is 0. The van der Waals surface area contributed by atoms with Gasteiger partial charge in [0.15, 0.2) is 0 Å². The molecule has 3 aromatic carbocycles. The second kappa shape index (κ2) is 9.53. The molecule has 1 N–H and O–H groups in total. The highest BCUT2D eigenvalue weighted by atomic mass is 79.9. The first-order chi connectivity index (χ1) is 13.5. The van der Waals surface area contributed by atoms with Crippen LogP contribution >= 0.6 is 27.5 Å². The van der Waals surface area contributed by atoms with E-state index in [1.807, 2.05) is 49.4 Å². The lowest BCUT2D eigenvalue weighted by atomic mass is 10.1. The number of aryl methyl sites for hydroxylation is 1. The minimum atomic E-state index is -0.270. The van der Waals surface area contributed by atoms with E-state index in [1.54, 1.807) is 24.3 Å². The molecule has 0 bridgehead atoms. The average molecular weight is 458 g/mol. The van der Waals surface area contributed by atoms with E-state index < -0.39 is 0 Å². The summed E-state index contributed by atoms with van der Waals surface area (Å²) in [6, 6.07) is 20.5. The molecule has 0 atom stereocenters. The quantitative estimate of drug-likeness (QED) is 0.378. The van der Waals surface area contributed by atoms with Crippen molar-refractivity contribution in [3.05, 3.63) is 98.5 Å². The van der Waals surface area contributed by atoms with Crippen LogP contribution in [0.1, 0.15) is 27.0 Å². The highest BCUT2D eigenvalue weighted by molar-refractivity contribution is 9.10. The second-order valence-electron chi connectivity index (χ2n) is 6.11. The van der Waals surface area contributed by atoms with E-state index in [2.05, 4.69) is 26.5 Å². The number of hydrogen-bond acceptors (Lipinski definition) is 3. The topological polar surface area (TPSA) is 50.7 Å². The molecule has 0 fully saturated rings. The molecule has 0 aliphatic heterocycles. The van der Waals surface area contributed by atoms with Crippen LogP contribution < -0.4 is 10.2 Å². The molecule has 0 spiro atoms. The highest BCUT2D eigenvalue weighted by Crippen LogP contribution is 2.23. The molecule has 3 rings (SSSR count). The smallest absolute Gasteiger partial charge is 0.271 e. The maximum Gasteiger partial charge on any atom is 0.271 e. The van der Waals surface area contributed by atoms with Crippen LogP contribution in [0.15, 0.2) is 76.3 Å². The van der Waals surface area contributed by atoms with Crippen molar-refractivity contribution in [1.82, 2.24) is 5.43 Å². The molecule has 6 heteroatoms. The first-order valence-electron chi connectivity index (χ1n) is 8.59. The summed E-state index contributed by atoms with van der Waals surface area (Å²) in [5, 5.41) is 4.62. The summed E-state index contributed by atoms with van der Waals surface area (Å²) in [6.45, 7) is 2.29. The Bertz CT molecular complexity index is 1000. The summed E-state index contributed by atoms with van der Waals surface area (Å²) >= 11 is 9.51. The Labute approximate surface area is 177 Å². The molecule has 4 nitrogen and oxygen atoms in total. The van der Waals surface area contributed by atoms with Crippen LogP contribution in [-0.2, 0) is 6.61 Å². The molecule has 3 aromatic rings. The number of ether oxygens (including phenoxy) is 1. The molecule has 142 valence electrons. The van der Waals surface area contributed by atoms with Gasteiger partial charge in [0.25, 0.3) is 5.91 Å². The predicted molar refractivity (Wildman–Crippen MR) is 116 cm³/mol. The normalized spacial score (nSPS) is 10.8. The van der Waals surface area contributed by atoms with Crippen LogP contribution in [0.4, 0.5) is 0 Å². The van der Waals surface area contributed by atoms with Gasteiger partial charge in [0, 0.05) is 20.6 Å². The Morgan fingerprint density at radius 2 is 1.89 bits per heavy atom. The molecule has 0 radical (unpaired) electrons. The van der Waals surface area contributed by atoms with Gasteiger partial charge in [0.1, 0.15) is 12.4 Å². The Kier molecular flexibility index (Phi) is 6.85. The van der Waals surface area contributed by atoms with Gasteiger partial charge in [-0.05, 0) is 54.4 Å². The molecule has 0 aromatic heterocycles. The largest absolute Gasteiger partial charge is 0.488 e. The molecular formula is C22H18BrClN2O2. The fourth-order valence-electron chi connectivity index (χ4n) is 2.54. The van der Waals surface area contributed by atoms with Gasteiger partial charge in [-0.1, -0.05) is 57.9 Å². The molecule has 0 unspecified atom stereocenters. The summed E-state index contributed by atoms with van der Waals surface area (Å²) < 4.78 is 6.92. The van der Waals surface area contributed by atoms with Crippen molar-refractivity contribution >= 4 is 39.7 Å². The molecule has 1 amide bonds. The molecule has 0 aliphatic rings. The van der Waals surface area contributed by atoms with Gasteiger partial charge >= 0.3 is 0 Å². The van der Waals surface area contributed by atoms with Crippen molar-refractivity contribution in [2.45, 2.75) is 13.5 Å². The lowest BCUT2D eigenvalue weighted by Crippen LogP contribution is -2.18. The number of nitrogens with one attached hydrogen (secondary N) is 1. The van der Waals surface area contributed by atoms with Gasteiger partial charge in [0.2, 0.25) is 0 Å². The van der Waals surface area contributed by atoms with E-state index in [-0.39, 0.29) is 5.91 Å². The van der Waals surface area contributed by atoms with Crippen molar-refractivity contribution in [3.8, 4) is 5.75 Å². The molecule has 28 heavy (non-hydrogen) atoms. The Morgan fingerprint density at radius 1 is 1.14 bits per heavy atom. The number of hydrazone groups is 1. The van der Waals surface area contributed by atoms with Gasteiger partial charge < -0.3 is 4.74 Å². The van der Waals surface area contributed by atoms with Crippen molar-refractivity contribution in [3.63, 3.8) is 0 Å². The molecule has 0 aliphatic carbocycles. The van der Waals surface area contributed by atoms with E-state index >= 15 is 0 Å². The van der Waals surface area contributed by atoms with E-state index in [9.17, 15) is 4.79 Å². The van der Waals surface area contributed by atoms with E-state index in [1.165, 1.54) is 6.21 Å². The minimum absolute atomic E-state index is 0.270. The van der Waals surface area contributed by atoms with Crippen LogP contribution in [0.5, 0.6) is 5.75 Å². The van der Waals surface area contributed by atoms with Crippen molar-refractivity contribution < 1.29 is 9.53 Å². The van der Waals surface area contributed by atoms with Crippen LogP contribution in [0.2, 0.25) is 5.02 Å². The van der Waals surface area contributed by atoms with E-state index in [4.69, 9.17) is 16.3 Å². The Hall–Kier alpha value is -2.63. The highest BCUT2D eigenvalue weighted by Gasteiger charge is 2.07. The number of carbonyl (C=O) groups excluding carboxylic acids is 1. The zero-order chi connectivity index (χ0) is 19.9. The SMILES string of the molecule is Cc1ccccc1C(=O)N/N=C\c1cc(Cl)ccc1OCc1ccc(Br)cc1. The third kappa shape index (κ3) is 5.44. The number of amides is 1. The minimum Gasteiger partial charge on any atom is -0.488 e. The third-order valence-electron chi connectivity index (χ3n) is 4.04. The van der Waals surface area contributed by atoms with Crippen LogP contribution in [0, 0.1) is 6.92 Å². The van der Waals surface area contributed by atoms with Gasteiger partial charge in [-0.2, -0.15) is 5.10 Å². The lowest BCUT2D eigenvalue weighted by Gasteiger charge is -2.10. The Morgan fingerprint density at radius 3 is 2.64 bits per heavy atom. The summed E-state index contributed by atoms with van der Waals surface area (Å²) in [5.74, 6) is 0.356. The Balaban J connectivity index is 1.69. The summed E-state index contributed by atoms with van der Waals surface area (Å²) in [4.78, 5) is 12.3. The van der Waals surface area contributed by atoms with Crippen molar-refractivity contribution in [1.29, 1.82) is 0 Å².